The fraction of sp³-hybridized carbons (Fsp3) is 0.440. The molecule has 4 heterocycles. The van der Waals surface area contributed by atoms with E-state index in [1.807, 2.05) is 22.8 Å². The summed E-state index contributed by atoms with van der Waals surface area (Å²) in [6, 6.07) is 7.38. The van der Waals surface area contributed by atoms with Crippen molar-refractivity contribution in [2.75, 3.05) is 24.6 Å². The molecular weight excluding hydrogens is 472 g/mol. The zero-order valence-electron chi connectivity index (χ0n) is 20.0. The van der Waals surface area contributed by atoms with Gasteiger partial charge >= 0.3 is 6.09 Å². The third-order valence-electron chi connectivity index (χ3n) is 6.12. The Bertz CT molecular complexity index is 1210. The molecule has 0 radical (unpaired) electrons. The number of alkyl halides is 2. The summed E-state index contributed by atoms with van der Waals surface area (Å²) in [6.45, 7) is 2.41. The number of nitrogens with zero attached hydrogens (tertiary/aromatic N) is 4. The van der Waals surface area contributed by atoms with Gasteiger partial charge in [0.1, 0.15) is 18.1 Å². The van der Waals surface area contributed by atoms with Gasteiger partial charge in [-0.3, -0.25) is 14.3 Å². The number of carbonyl (C=O) groups is 2. The number of aromatic nitrogens is 3. The number of halogens is 2. The van der Waals surface area contributed by atoms with Crippen molar-refractivity contribution in [3.63, 3.8) is 0 Å². The number of nitrogens with one attached hydrogen (secondary N) is 1. The number of cyclic esters (lactones) is 1. The van der Waals surface area contributed by atoms with E-state index in [1.54, 1.807) is 25.4 Å². The summed E-state index contributed by atoms with van der Waals surface area (Å²) >= 11 is 0. The molecule has 3 aromatic heterocycles. The molecule has 1 aliphatic heterocycles. The normalized spacial score (nSPS) is 14.8. The van der Waals surface area contributed by atoms with E-state index >= 15 is 0 Å². The number of fused-ring (bicyclic) bond motifs is 1. The molecule has 0 aliphatic carbocycles. The average Bonchev–Trinajstić information content (AvgIpc) is 3.44. The number of carbonyl (C=O) groups excluding carboxylic acids is 2. The van der Waals surface area contributed by atoms with E-state index in [-0.39, 0.29) is 19.4 Å². The topological polar surface area (TPSA) is 110 Å². The summed E-state index contributed by atoms with van der Waals surface area (Å²) in [6.07, 6.45) is 3.23. The second kappa shape index (κ2) is 11.0. The van der Waals surface area contributed by atoms with Gasteiger partial charge in [-0.2, -0.15) is 0 Å². The minimum absolute atomic E-state index is 0.0744. The van der Waals surface area contributed by atoms with Crippen molar-refractivity contribution in [3.05, 3.63) is 47.9 Å². The van der Waals surface area contributed by atoms with Crippen LogP contribution >= 0.6 is 0 Å². The fourth-order valence-electron chi connectivity index (χ4n) is 4.20. The number of hydrogen-bond donors (Lipinski definition) is 2. The molecule has 0 saturated carbocycles. The lowest BCUT2D eigenvalue weighted by atomic mass is 10.0. The van der Waals surface area contributed by atoms with Gasteiger partial charge in [-0.25, -0.2) is 23.5 Å². The van der Waals surface area contributed by atoms with Gasteiger partial charge in [-0.1, -0.05) is 0 Å². The van der Waals surface area contributed by atoms with Gasteiger partial charge in [0, 0.05) is 36.7 Å². The first kappa shape index (κ1) is 25.5. The molecule has 0 spiro atoms. The molecule has 1 fully saturated rings. The van der Waals surface area contributed by atoms with Gasteiger partial charge < -0.3 is 15.2 Å². The highest BCUT2D eigenvalue weighted by Gasteiger charge is 2.28. The molecule has 0 bridgehead atoms. The van der Waals surface area contributed by atoms with Crippen molar-refractivity contribution in [1.29, 1.82) is 0 Å². The lowest BCUT2D eigenvalue weighted by Crippen LogP contribution is -2.24. The number of aryl methyl sites for hydroxylation is 2. The number of hydrogen-bond acceptors (Lipinski definition) is 6. The van der Waals surface area contributed by atoms with Crippen LogP contribution in [0.3, 0.4) is 0 Å². The van der Waals surface area contributed by atoms with Crippen LogP contribution in [0.4, 0.5) is 19.4 Å². The predicted molar refractivity (Wildman–Crippen MR) is 130 cm³/mol. The van der Waals surface area contributed by atoms with E-state index in [2.05, 4.69) is 15.3 Å². The van der Waals surface area contributed by atoms with Gasteiger partial charge in [0.15, 0.2) is 0 Å². The summed E-state index contributed by atoms with van der Waals surface area (Å²) < 4.78 is 35.2. The molecule has 11 heteroatoms. The Balaban J connectivity index is 1.59. The number of anilines is 1. The molecule has 1 atom stereocenters. The van der Waals surface area contributed by atoms with Gasteiger partial charge in [0.2, 0.25) is 12.3 Å². The number of amides is 2. The van der Waals surface area contributed by atoms with E-state index in [1.165, 1.54) is 4.90 Å². The second-order valence-electron chi connectivity index (χ2n) is 8.93. The first-order valence-electron chi connectivity index (χ1n) is 11.9. The molecule has 0 aromatic carbocycles. The Kier molecular flexibility index (Phi) is 7.78. The highest BCUT2D eigenvalue weighted by Crippen LogP contribution is 2.28. The molecule has 1 saturated heterocycles. The maximum Gasteiger partial charge on any atom is 0.415 e. The van der Waals surface area contributed by atoms with E-state index in [4.69, 9.17) is 4.74 Å². The van der Waals surface area contributed by atoms with Crippen LogP contribution in [-0.2, 0) is 22.4 Å². The van der Waals surface area contributed by atoms with Crippen LogP contribution in [-0.4, -0.2) is 63.9 Å². The SMILES string of the molecule is CC(O)CCc1cc2cc(CCC(F)(F)CCNC=O)cnc2n1-c1ccc(N2CCOC2=O)nc1. The van der Waals surface area contributed by atoms with Crippen molar-refractivity contribution >= 4 is 29.4 Å². The quantitative estimate of drug-likeness (QED) is 0.291. The van der Waals surface area contributed by atoms with Crippen molar-refractivity contribution in [1.82, 2.24) is 19.9 Å². The van der Waals surface area contributed by atoms with Crippen LogP contribution in [0.15, 0.2) is 36.7 Å². The van der Waals surface area contributed by atoms with Crippen LogP contribution in [0.5, 0.6) is 0 Å². The molecule has 1 unspecified atom stereocenters. The second-order valence-corrected chi connectivity index (χ2v) is 8.93. The van der Waals surface area contributed by atoms with Crippen molar-refractivity contribution in [3.8, 4) is 5.69 Å². The third-order valence-corrected chi connectivity index (χ3v) is 6.12. The van der Waals surface area contributed by atoms with Crippen LogP contribution in [0.25, 0.3) is 16.7 Å². The summed E-state index contributed by atoms with van der Waals surface area (Å²) in [5.74, 6) is -2.41. The van der Waals surface area contributed by atoms with Crippen molar-refractivity contribution in [2.45, 2.75) is 51.1 Å². The van der Waals surface area contributed by atoms with E-state index in [9.17, 15) is 23.5 Å². The maximum atomic E-state index is 14.1. The first-order valence-corrected chi connectivity index (χ1v) is 11.9. The minimum Gasteiger partial charge on any atom is -0.447 e. The minimum atomic E-state index is -2.89. The van der Waals surface area contributed by atoms with Crippen LogP contribution in [0, 0.1) is 0 Å². The molecular formula is C25H29F2N5O4. The largest absolute Gasteiger partial charge is 0.447 e. The molecule has 2 N–H and O–H groups in total. The predicted octanol–water partition coefficient (Wildman–Crippen LogP) is 3.39. The van der Waals surface area contributed by atoms with Crippen molar-refractivity contribution < 1.29 is 28.2 Å². The number of ether oxygens (including phenoxy) is 1. The number of pyridine rings is 2. The highest BCUT2D eigenvalue weighted by atomic mass is 19.3. The van der Waals surface area contributed by atoms with Gasteiger partial charge in [0.25, 0.3) is 0 Å². The zero-order chi connectivity index (χ0) is 25.7. The monoisotopic (exact) mass is 501 g/mol. The standard InChI is InChI=1S/C25H29F2N5O4/c1-17(34)2-3-20-13-19-12-18(6-7-25(26,27)8-9-28-16-33)14-30-23(19)32(20)21-4-5-22(29-15-21)31-10-11-36-24(31)35/h4-5,12-17,34H,2-3,6-11H2,1H3,(H,28,33). The molecule has 2 amide bonds. The van der Waals surface area contributed by atoms with E-state index in [0.29, 0.717) is 49.4 Å². The number of aliphatic hydroxyl groups excluding tert-OH is 1. The molecule has 1 aliphatic rings. The van der Waals surface area contributed by atoms with Crippen molar-refractivity contribution in [2.24, 2.45) is 0 Å². The third kappa shape index (κ3) is 5.96. The molecule has 9 nitrogen and oxygen atoms in total. The number of rotatable bonds is 12. The van der Waals surface area contributed by atoms with Gasteiger partial charge in [-0.05, 0) is 56.0 Å². The Labute approximate surface area is 207 Å². The van der Waals surface area contributed by atoms with Gasteiger partial charge in [-0.15, -0.1) is 0 Å². The Morgan fingerprint density at radius 1 is 1.22 bits per heavy atom. The zero-order valence-corrected chi connectivity index (χ0v) is 20.0. The fourth-order valence-corrected chi connectivity index (χ4v) is 4.20. The lowest BCUT2D eigenvalue weighted by molar-refractivity contribution is -0.109. The Morgan fingerprint density at radius 2 is 2.06 bits per heavy atom. The van der Waals surface area contributed by atoms with Crippen LogP contribution in [0.1, 0.15) is 37.4 Å². The van der Waals surface area contributed by atoms with Gasteiger partial charge in [0.05, 0.1) is 24.5 Å². The summed E-state index contributed by atoms with van der Waals surface area (Å²) in [5.41, 5.74) is 2.97. The lowest BCUT2D eigenvalue weighted by Gasteiger charge is -2.16. The number of aliphatic hydroxyl groups is 1. The Morgan fingerprint density at radius 3 is 2.72 bits per heavy atom. The summed E-state index contributed by atoms with van der Waals surface area (Å²) in [5, 5.41) is 12.9. The van der Waals surface area contributed by atoms with E-state index in [0.717, 1.165) is 16.8 Å². The Hall–Kier alpha value is -3.60. The highest BCUT2D eigenvalue weighted by molar-refractivity contribution is 5.88. The molecule has 3 aromatic rings. The smallest absolute Gasteiger partial charge is 0.415 e. The van der Waals surface area contributed by atoms with Crippen LogP contribution in [0.2, 0.25) is 0 Å². The summed E-state index contributed by atoms with van der Waals surface area (Å²) in [7, 11) is 0. The molecule has 192 valence electrons. The molecule has 36 heavy (non-hydrogen) atoms. The maximum absolute atomic E-state index is 14.1. The van der Waals surface area contributed by atoms with E-state index < -0.39 is 24.5 Å². The van der Waals surface area contributed by atoms with Crippen LogP contribution < -0.4 is 10.2 Å². The molecule has 4 rings (SSSR count). The average molecular weight is 502 g/mol. The summed E-state index contributed by atoms with van der Waals surface area (Å²) in [4.78, 5) is 32.6. The first-order chi connectivity index (χ1) is 17.3.